The van der Waals surface area contributed by atoms with Gasteiger partial charge < -0.3 is 25.4 Å². The zero-order valence-electron chi connectivity index (χ0n) is 14.4. The smallest absolute Gasteiger partial charge is 0.246 e. The summed E-state index contributed by atoms with van der Waals surface area (Å²) in [4.78, 5) is 6.53. The molecule has 8 nitrogen and oxygen atoms in total. The number of hydrogen-bond donors (Lipinski definition) is 3. The average molecular weight is 377 g/mol. The predicted octanol–water partition coefficient (Wildman–Crippen LogP) is 2.13. The molecule has 0 spiro atoms. The quantitative estimate of drug-likeness (QED) is 0.704. The van der Waals surface area contributed by atoms with Gasteiger partial charge in [-0.15, -0.1) is 5.10 Å². The zero-order valence-corrected chi connectivity index (χ0v) is 15.2. The number of halogens is 1. The van der Waals surface area contributed by atoms with Gasteiger partial charge in [-0.25, -0.2) is 4.68 Å². The Kier molecular flexibility index (Phi) is 4.60. The van der Waals surface area contributed by atoms with Gasteiger partial charge in [0.15, 0.2) is 0 Å². The van der Waals surface area contributed by atoms with E-state index in [4.69, 9.17) is 16.3 Å². The third-order valence-electron chi connectivity index (χ3n) is 4.56. The second-order valence-electron chi connectivity index (χ2n) is 6.35. The molecule has 0 radical (unpaired) electrons. The highest BCUT2D eigenvalue weighted by molar-refractivity contribution is 6.29. The summed E-state index contributed by atoms with van der Waals surface area (Å²) in [7, 11) is 1.64. The van der Waals surface area contributed by atoms with E-state index in [1.807, 2.05) is 34.0 Å². The summed E-state index contributed by atoms with van der Waals surface area (Å²) >= 11 is 5.98. The van der Waals surface area contributed by atoms with Crippen LogP contribution in [0.3, 0.4) is 0 Å². The van der Waals surface area contributed by atoms with E-state index in [1.54, 1.807) is 7.11 Å². The minimum atomic E-state index is -0.269. The highest BCUT2D eigenvalue weighted by Gasteiger charge is 2.19. The van der Waals surface area contributed by atoms with Crippen molar-refractivity contribution in [3.8, 4) is 5.75 Å². The Bertz CT molecular complexity index is 811. The number of nitrogens with one attached hydrogen (secondary N) is 2. The first-order valence-corrected chi connectivity index (χ1v) is 8.95. The van der Waals surface area contributed by atoms with Gasteiger partial charge in [0.25, 0.3) is 0 Å². The largest absolute Gasteiger partial charge is 0.494 e. The summed E-state index contributed by atoms with van der Waals surface area (Å²) in [5, 5.41) is 21.1. The van der Waals surface area contributed by atoms with Gasteiger partial charge in [0.1, 0.15) is 16.7 Å². The van der Waals surface area contributed by atoms with Crippen LogP contribution in [0, 0.1) is 0 Å². The maximum Gasteiger partial charge on any atom is 0.246 e. The SMILES string of the molecule is COc1cc(Nc2nc3n(n2)CC[C@H](O)CC3)ccc1N1C=C(Cl)NC1. The minimum Gasteiger partial charge on any atom is -0.494 e. The van der Waals surface area contributed by atoms with Crippen molar-refractivity contribution < 1.29 is 9.84 Å². The summed E-state index contributed by atoms with van der Waals surface area (Å²) in [6, 6.07) is 5.82. The van der Waals surface area contributed by atoms with E-state index in [2.05, 4.69) is 20.7 Å². The van der Waals surface area contributed by atoms with E-state index in [9.17, 15) is 5.11 Å². The molecule has 0 saturated heterocycles. The molecule has 1 atom stereocenters. The van der Waals surface area contributed by atoms with Crippen LogP contribution >= 0.6 is 11.6 Å². The van der Waals surface area contributed by atoms with Crippen molar-refractivity contribution in [2.75, 3.05) is 24.0 Å². The van der Waals surface area contributed by atoms with Gasteiger partial charge >= 0.3 is 0 Å². The first-order chi connectivity index (χ1) is 12.6. The maximum absolute atomic E-state index is 9.76. The topological polar surface area (TPSA) is 87.5 Å². The summed E-state index contributed by atoms with van der Waals surface area (Å²) in [5.74, 6) is 2.18. The van der Waals surface area contributed by atoms with Gasteiger partial charge in [0, 0.05) is 30.9 Å². The molecule has 0 saturated carbocycles. The van der Waals surface area contributed by atoms with Crippen LogP contribution in [0.25, 0.3) is 0 Å². The number of ether oxygens (including phenoxy) is 1. The number of aliphatic hydroxyl groups excluding tert-OH is 1. The number of anilines is 3. The fourth-order valence-corrected chi connectivity index (χ4v) is 3.35. The number of rotatable bonds is 4. The highest BCUT2D eigenvalue weighted by Crippen LogP contribution is 2.33. The molecule has 2 aliphatic heterocycles. The van der Waals surface area contributed by atoms with Crippen molar-refractivity contribution in [3.05, 3.63) is 35.4 Å². The lowest BCUT2D eigenvalue weighted by Gasteiger charge is -2.18. The van der Waals surface area contributed by atoms with Crippen molar-refractivity contribution in [2.24, 2.45) is 0 Å². The van der Waals surface area contributed by atoms with E-state index in [0.29, 0.717) is 30.7 Å². The van der Waals surface area contributed by atoms with Crippen LogP contribution in [0.5, 0.6) is 5.75 Å². The van der Waals surface area contributed by atoms with Crippen molar-refractivity contribution in [2.45, 2.75) is 31.9 Å². The predicted molar refractivity (Wildman–Crippen MR) is 99.7 cm³/mol. The summed E-state index contributed by atoms with van der Waals surface area (Å²) in [5.41, 5.74) is 1.76. The molecule has 0 bridgehead atoms. The van der Waals surface area contributed by atoms with Gasteiger partial charge in [-0.1, -0.05) is 11.6 Å². The number of benzene rings is 1. The second-order valence-corrected chi connectivity index (χ2v) is 6.76. The molecule has 26 heavy (non-hydrogen) atoms. The second kappa shape index (κ2) is 7.05. The molecular weight excluding hydrogens is 356 g/mol. The summed E-state index contributed by atoms with van der Waals surface area (Å²) in [6.45, 7) is 1.28. The molecule has 1 aromatic heterocycles. The first-order valence-electron chi connectivity index (χ1n) is 8.57. The molecule has 3 N–H and O–H groups in total. The van der Waals surface area contributed by atoms with E-state index >= 15 is 0 Å². The Morgan fingerprint density at radius 1 is 1.38 bits per heavy atom. The van der Waals surface area contributed by atoms with Crippen LogP contribution in [0.1, 0.15) is 18.7 Å². The first kappa shape index (κ1) is 17.0. The van der Waals surface area contributed by atoms with Gasteiger partial charge in [0.05, 0.1) is 25.6 Å². The molecule has 3 heterocycles. The van der Waals surface area contributed by atoms with Crippen molar-refractivity contribution in [1.82, 2.24) is 20.1 Å². The third kappa shape index (κ3) is 3.42. The Morgan fingerprint density at radius 2 is 2.27 bits per heavy atom. The fraction of sp³-hybridized carbons (Fsp3) is 0.412. The molecule has 138 valence electrons. The van der Waals surface area contributed by atoms with Crippen LogP contribution in [0.2, 0.25) is 0 Å². The van der Waals surface area contributed by atoms with E-state index in [-0.39, 0.29) is 6.10 Å². The van der Waals surface area contributed by atoms with Gasteiger partial charge in [-0.2, -0.15) is 4.98 Å². The van der Waals surface area contributed by atoms with Gasteiger partial charge in [-0.3, -0.25) is 0 Å². The van der Waals surface area contributed by atoms with Crippen LogP contribution in [0.15, 0.2) is 29.6 Å². The molecule has 2 aliphatic rings. The van der Waals surface area contributed by atoms with E-state index < -0.39 is 0 Å². The molecule has 9 heteroatoms. The number of methoxy groups -OCH3 is 1. The normalized spacial score (nSPS) is 19.4. The number of hydrogen-bond acceptors (Lipinski definition) is 7. The van der Waals surface area contributed by atoms with Crippen molar-refractivity contribution in [3.63, 3.8) is 0 Å². The number of aromatic nitrogens is 3. The molecular formula is C17H21ClN6O2. The van der Waals surface area contributed by atoms with Crippen LogP contribution in [-0.4, -0.2) is 39.8 Å². The monoisotopic (exact) mass is 376 g/mol. The lowest BCUT2D eigenvalue weighted by Crippen LogP contribution is -2.20. The average Bonchev–Trinajstić information content (AvgIpc) is 3.19. The minimum absolute atomic E-state index is 0.269. The summed E-state index contributed by atoms with van der Waals surface area (Å²) < 4.78 is 7.39. The highest BCUT2D eigenvalue weighted by atomic mass is 35.5. The zero-order chi connectivity index (χ0) is 18.1. The molecule has 4 rings (SSSR count). The Hall–Kier alpha value is -2.45. The standard InChI is InChI=1S/C17H21ClN6O2/c1-26-14-8-11(2-4-13(14)23-9-15(18)19-10-23)20-17-21-16-5-3-12(25)6-7-24(16)22-17/h2,4,8-9,12,19,25H,3,5-7,10H2,1H3,(H,20,22)/t12-/m1/s1. The molecule has 0 unspecified atom stereocenters. The maximum atomic E-state index is 9.76. The molecule has 0 amide bonds. The molecule has 0 aliphatic carbocycles. The number of fused-ring (bicyclic) bond motifs is 1. The summed E-state index contributed by atoms with van der Waals surface area (Å²) in [6.07, 6.45) is 3.72. The van der Waals surface area contributed by atoms with E-state index in [0.717, 1.165) is 35.8 Å². The Balaban J connectivity index is 1.53. The Morgan fingerprint density at radius 3 is 3.04 bits per heavy atom. The lowest BCUT2D eigenvalue weighted by molar-refractivity contribution is 0.154. The number of aryl methyl sites for hydroxylation is 2. The van der Waals surface area contributed by atoms with E-state index in [1.165, 1.54) is 0 Å². The fourth-order valence-electron chi connectivity index (χ4n) is 3.17. The molecule has 0 fully saturated rings. The van der Waals surface area contributed by atoms with Crippen molar-refractivity contribution in [1.29, 1.82) is 0 Å². The molecule has 1 aromatic carbocycles. The Labute approximate surface area is 156 Å². The lowest BCUT2D eigenvalue weighted by atomic mass is 10.1. The van der Waals surface area contributed by atoms with Gasteiger partial charge in [-0.05, 0) is 25.0 Å². The van der Waals surface area contributed by atoms with Crippen molar-refractivity contribution >= 4 is 28.9 Å². The van der Waals surface area contributed by atoms with Crippen LogP contribution < -0.4 is 20.3 Å². The number of nitrogens with zero attached hydrogens (tertiary/aromatic N) is 4. The van der Waals surface area contributed by atoms with Crippen LogP contribution in [0.4, 0.5) is 17.3 Å². The van der Waals surface area contributed by atoms with Gasteiger partial charge in [0.2, 0.25) is 5.95 Å². The van der Waals surface area contributed by atoms with Crippen LogP contribution in [-0.2, 0) is 13.0 Å². The molecule has 2 aromatic rings. The number of aliphatic hydroxyl groups is 1. The third-order valence-corrected chi connectivity index (χ3v) is 4.79.